The number of urea groups is 1. The molecule has 4 heteroatoms. The SMILES string of the molecule is CC1CCCN(C(=O)N(C)C2CCOCC2)C1. The van der Waals surface area contributed by atoms with E-state index in [0.29, 0.717) is 12.0 Å². The average molecular weight is 240 g/mol. The van der Waals surface area contributed by atoms with Gasteiger partial charge in [0.1, 0.15) is 0 Å². The van der Waals surface area contributed by atoms with Crippen LogP contribution in [0.5, 0.6) is 0 Å². The normalized spacial score (nSPS) is 26.9. The summed E-state index contributed by atoms with van der Waals surface area (Å²) in [5, 5.41) is 0. The summed E-state index contributed by atoms with van der Waals surface area (Å²) in [7, 11) is 1.94. The molecule has 1 atom stereocenters. The number of rotatable bonds is 1. The van der Waals surface area contributed by atoms with E-state index in [-0.39, 0.29) is 6.03 Å². The van der Waals surface area contributed by atoms with Crippen molar-refractivity contribution < 1.29 is 9.53 Å². The molecule has 98 valence electrons. The van der Waals surface area contributed by atoms with Crippen molar-refractivity contribution in [3.05, 3.63) is 0 Å². The van der Waals surface area contributed by atoms with E-state index in [2.05, 4.69) is 6.92 Å². The Balaban J connectivity index is 1.89. The number of carbonyl (C=O) groups excluding carboxylic acids is 1. The van der Waals surface area contributed by atoms with E-state index in [0.717, 1.165) is 45.6 Å². The fourth-order valence-corrected chi connectivity index (χ4v) is 2.81. The third kappa shape index (κ3) is 3.12. The van der Waals surface area contributed by atoms with E-state index in [1.807, 2.05) is 16.8 Å². The largest absolute Gasteiger partial charge is 0.381 e. The summed E-state index contributed by atoms with van der Waals surface area (Å²) in [4.78, 5) is 16.3. The molecule has 17 heavy (non-hydrogen) atoms. The third-order valence-corrected chi connectivity index (χ3v) is 3.97. The van der Waals surface area contributed by atoms with E-state index in [9.17, 15) is 4.79 Å². The van der Waals surface area contributed by atoms with Crippen molar-refractivity contribution in [2.45, 2.75) is 38.6 Å². The van der Waals surface area contributed by atoms with Crippen LogP contribution in [0, 0.1) is 5.92 Å². The number of likely N-dealkylation sites (tertiary alicyclic amines) is 1. The Morgan fingerprint density at radius 3 is 2.65 bits per heavy atom. The molecule has 2 saturated heterocycles. The first-order valence-electron chi connectivity index (χ1n) is 6.78. The quantitative estimate of drug-likeness (QED) is 0.702. The molecule has 0 spiro atoms. The van der Waals surface area contributed by atoms with Gasteiger partial charge in [0.25, 0.3) is 0 Å². The summed E-state index contributed by atoms with van der Waals surface area (Å²) in [6, 6.07) is 0.580. The fourth-order valence-electron chi connectivity index (χ4n) is 2.81. The van der Waals surface area contributed by atoms with Gasteiger partial charge in [-0.2, -0.15) is 0 Å². The van der Waals surface area contributed by atoms with Crippen LogP contribution in [0.25, 0.3) is 0 Å². The first-order valence-corrected chi connectivity index (χ1v) is 6.78. The Bertz CT molecular complexity index is 264. The van der Waals surface area contributed by atoms with Crippen LogP contribution in [0.3, 0.4) is 0 Å². The van der Waals surface area contributed by atoms with Crippen molar-refractivity contribution in [3.8, 4) is 0 Å². The molecule has 2 heterocycles. The Morgan fingerprint density at radius 1 is 1.29 bits per heavy atom. The second-order valence-electron chi connectivity index (χ2n) is 5.43. The molecule has 0 aliphatic carbocycles. The monoisotopic (exact) mass is 240 g/mol. The highest BCUT2D eigenvalue weighted by Gasteiger charge is 2.28. The Kier molecular flexibility index (Phi) is 4.26. The van der Waals surface area contributed by atoms with Crippen LogP contribution < -0.4 is 0 Å². The van der Waals surface area contributed by atoms with Crippen molar-refractivity contribution >= 4 is 6.03 Å². The van der Waals surface area contributed by atoms with Gasteiger partial charge in [0, 0.05) is 39.4 Å². The molecule has 0 bridgehead atoms. The van der Waals surface area contributed by atoms with Crippen LogP contribution in [-0.2, 0) is 4.74 Å². The second kappa shape index (κ2) is 5.71. The van der Waals surface area contributed by atoms with Crippen molar-refractivity contribution in [2.24, 2.45) is 5.92 Å². The number of hydrogen-bond donors (Lipinski definition) is 0. The number of hydrogen-bond acceptors (Lipinski definition) is 2. The van der Waals surface area contributed by atoms with E-state index in [1.54, 1.807) is 0 Å². The number of nitrogens with zero attached hydrogens (tertiary/aromatic N) is 2. The van der Waals surface area contributed by atoms with Crippen LogP contribution in [-0.4, -0.2) is 55.2 Å². The lowest BCUT2D eigenvalue weighted by molar-refractivity contribution is 0.0439. The van der Waals surface area contributed by atoms with Crippen LogP contribution in [0.4, 0.5) is 4.79 Å². The van der Waals surface area contributed by atoms with Gasteiger partial charge in [0.05, 0.1) is 0 Å². The van der Waals surface area contributed by atoms with Gasteiger partial charge in [-0.3, -0.25) is 0 Å². The van der Waals surface area contributed by atoms with E-state index >= 15 is 0 Å². The van der Waals surface area contributed by atoms with Gasteiger partial charge in [-0.1, -0.05) is 6.92 Å². The van der Waals surface area contributed by atoms with E-state index < -0.39 is 0 Å². The lowest BCUT2D eigenvalue weighted by Crippen LogP contribution is -2.50. The zero-order chi connectivity index (χ0) is 12.3. The molecule has 1 unspecified atom stereocenters. The Morgan fingerprint density at radius 2 is 2.00 bits per heavy atom. The van der Waals surface area contributed by atoms with Crippen LogP contribution in [0.1, 0.15) is 32.6 Å². The molecule has 0 aromatic carbocycles. The van der Waals surface area contributed by atoms with Gasteiger partial charge in [-0.25, -0.2) is 4.79 Å². The predicted molar refractivity (Wildman–Crippen MR) is 67.0 cm³/mol. The zero-order valence-electron chi connectivity index (χ0n) is 11.0. The molecule has 2 amide bonds. The first-order chi connectivity index (χ1) is 8.18. The highest BCUT2D eigenvalue weighted by molar-refractivity contribution is 5.74. The van der Waals surface area contributed by atoms with Gasteiger partial charge in [0.2, 0.25) is 0 Å². The van der Waals surface area contributed by atoms with E-state index in [1.165, 1.54) is 6.42 Å². The van der Waals surface area contributed by atoms with Gasteiger partial charge < -0.3 is 14.5 Å². The molecule has 0 saturated carbocycles. The van der Waals surface area contributed by atoms with E-state index in [4.69, 9.17) is 4.74 Å². The minimum absolute atomic E-state index is 0.212. The molecular weight excluding hydrogens is 216 g/mol. The molecule has 0 N–H and O–H groups in total. The smallest absolute Gasteiger partial charge is 0.320 e. The molecule has 0 radical (unpaired) electrons. The number of piperidine rings is 1. The summed E-state index contributed by atoms with van der Waals surface area (Å²) < 4.78 is 5.34. The predicted octanol–water partition coefficient (Wildman–Crippen LogP) is 1.95. The van der Waals surface area contributed by atoms with Gasteiger partial charge >= 0.3 is 6.03 Å². The summed E-state index contributed by atoms with van der Waals surface area (Å²) in [6.07, 6.45) is 4.36. The molecule has 2 aliphatic rings. The standard InChI is InChI=1S/C13H24N2O2/c1-11-4-3-7-15(10-11)13(16)14(2)12-5-8-17-9-6-12/h11-12H,3-10H2,1-2H3. The summed E-state index contributed by atoms with van der Waals surface area (Å²) >= 11 is 0. The molecule has 2 fully saturated rings. The van der Waals surface area contributed by atoms with Crippen molar-refractivity contribution in [3.63, 3.8) is 0 Å². The van der Waals surface area contributed by atoms with Crippen molar-refractivity contribution in [2.75, 3.05) is 33.4 Å². The first kappa shape index (κ1) is 12.7. The molecular formula is C13H24N2O2. The average Bonchev–Trinajstić information content (AvgIpc) is 2.38. The lowest BCUT2D eigenvalue weighted by atomic mass is 10.0. The van der Waals surface area contributed by atoms with Crippen molar-refractivity contribution in [1.82, 2.24) is 9.80 Å². The summed E-state index contributed by atoms with van der Waals surface area (Å²) in [5.74, 6) is 0.649. The highest BCUT2D eigenvalue weighted by atomic mass is 16.5. The molecule has 2 aliphatic heterocycles. The maximum absolute atomic E-state index is 12.4. The second-order valence-corrected chi connectivity index (χ2v) is 5.43. The van der Waals surface area contributed by atoms with Crippen molar-refractivity contribution in [1.29, 1.82) is 0 Å². The molecule has 0 aromatic rings. The van der Waals surface area contributed by atoms with Gasteiger partial charge in [-0.05, 0) is 31.6 Å². The van der Waals surface area contributed by atoms with Crippen LogP contribution in [0.15, 0.2) is 0 Å². The molecule has 2 rings (SSSR count). The summed E-state index contributed by atoms with van der Waals surface area (Å²) in [5.41, 5.74) is 0. The maximum Gasteiger partial charge on any atom is 0.320 e. The Labute approximate surface area is 104 Å². The fraction of sp³-hybridized carbons (Fsp3) is 0.923. The molecule has 0 aromatic heterocycles. The minimum atomic E-state index is 0.212. The number of amides is 2. The van der Waals surface area contributed by atoms with Crippen LogP contribution in [0.2, 0.25) is 0 Å². The lowest BCUT2D eigenvalue weighted by Gasteiger charge is -2.38. The molecule has 4 nitrogen and oxygen atoms in total. The zero-order valence-corrected chi connectivity index (χ0v) is 11.0. The van der Waals surface area contributed by atoms with Crippen LogP contribution >= 0.6 is 0 Å². The van der Waals surface area contributed by atoms with Gasteiger partial charge in [0.15, 0.2) is 0 Å². The number of carbonyl (C=O) groups is 1. The number of ether oxygens (including phenoxy) is 1. The maximum atomic E-state index is 12.4. The third-order valence-electron chi connectivity index (χ3n) is 3.97. The summed E-state index contributed by atoms with van der Waals surface area (Å²) in [6.45, 7) is 5.66. The topological polar surface area (TPSA) is 32.8 Å². The minimum Gasteiger partial charge on any atom is -0.381 e. The van der Waals surface area contributed by atoms with Gasteiger partial charge in [-0.15, -0.1) is 0 Å². The Hall–Kier alpha value is -0.770. The highest BCUT2D eigenvalue weighted by Crippen LogP contribution is 2.19.